The van der Waals surface area contributed by atoms with Crippen molar-refractivity contribution in [2.24, 2.45) is 4.99 Å². The first-order valence-corrected chi connectivity index (χ1v) is 8.78. The van der Waals surface area contributed by atoms with Gasteiger partial charge in [-0.1, -0.05) is 18.2 Å². The Morgan fingerprint density at radius 1 is 1.29 bits per heavy atom. The summed E-state index contributed by atoms with van der Waals surface area (Å²) in [5.74, 6) is 0.530. The third kappa shape index (κ3) is 5.04. The van der Waals surface area contributed by atoms with Gasteiger partial charge in [-0.15, -0.1) is 11.3 Å². The molecule has 4 nitrogen and oxygen atoms in total. The monoisotopic (exact) mass is 348 g/mol. The molecule has 0 aliphatic heterocycles. The van der Waals surface area contributed by atoms with Crippen LogP contribution in [0.1, 0.15) is 22.0 Å². The van der Waals surface area contributed by atoms with Crippen LogP contribution in [0, 0.1) is 12.7 Å². The summed E-state index contributed by atoms with van der Waals surface area (Å²) in [4.78, 5) is 7.73. The van der Waals surface area contributed by atoms with Crippen LogP contribution in [0.25, 0.3) is 0 Å². The van der Waals surface area contributed by atoms with E-state index in [-0.39, 0.29) is 11.9 Å². The number of guanidine groups is 1. The van der Waals surface area contributed by atoms with Gasteiger partial charge in [0.25, 0.3) is 0 Å². The molecular weight excluding hydrogens is 323 g/mol. The highest BCUT2D eigenvalue weighted by atomic mass is 32.1. The Bertz CT molecular complexity index is 668. The molecule has 0 amide bonds. The van der Waals surface area contributed by atoms with Gasteiger partial charge >= 0.3 is 0 Å². The van der Waals surface area contributed by atoms with E-state index in [0.717, 1.165) is 12.1 Å². The van der Waals surface area contributed by atoms with E-state index in [1.165, 1.54) is 4.88 Å². The Morgan fingerprint density at radius 2 is 2.08 bits per heavy atom. The molecule has 2 N–H and O–H groups in total. The van der Waals surface area contributed by atoms with Crippen molar-refractivity contribution < 1.29 is 4.39 Å². The summed E-state index contributed by atoms with van der Waals surface area (Å²) in [7, 11) is 5.87. The van der Waals surface area contributed by atoms with Gasteiger partial charge in [0.2, 0.25) is 0 Å². The molecule has 2 aromatic rings. The third-order valence-electron chi connectivity index (χ3n) is 3.88. The van der Waals surface area contributed by atoms with Gasteiger partial charge in [0.05, 0.1) is 6.04 Å². The zero-order valence-electron chi connectivity index (χ0n) is 14.6. The number of benzene rings is 1. The number of hydrogen-bond donors (Lipinski definition) is 2. The number of thiophene rings is 1. The second-order valence-electron chi connectivity index (χ2n) is 5.89. The molecule has 24 heavy (non-hydrogen) atoms. The summed E-state index contributed by atoms with van der Waals surface area (Å²) >= 11 is 1.75. The summed E-state index contributed by atoms with van der Waals surface area (Å²) in [6, 6.07) is 9.76. The first kappa shape index (κ1) is 18.4. The Hall–Kier alpha value is -1.92. The molecule has 1 unspecified atom stereocenters. The predicted octanol–water partition coefficient (Wildman–Crippen LogP) is 3.16. The first-order chi connectivity index (χ1) is 11.5. The minimum absolute atomic E-state index is 0.178. The van der Waals surface area contributed by atoms with E-state index in [2.05, 4.69) is 52.1 Å². The van der Waals surface area contributed by atoms with Crippen LogP contribution in [0.15, 0.2) is 40.7 Å². The summed E-state index contributed by atoms with van der Waals surface area (Å²) in [5, 5.41) is 8.66. The fourth-order valence-electron chi connectivity index (χ4n) is 2.36. The van der Waals surface area contributed by atoms with Gasteiger partial charge < -0.3 is 15.5 Å². The van der Waals surface area contributed by atoms with Crippen LogP contribution in [0.5, 0.6) is 0 Å². The lowest BCUT2D eigenvalue weighted by molar-refractivity contribution is 0.302. The smallest absolute Gasteiger partial charge is 0.191 e. The lowest BCUT2D eigenvalue weighted by Crippen LogP contribution is -2.41. The van der Waals surface area contributed by atoms with Crippen molar-refractivity contribution in [1.29, 1.82) is 0 Å². The van der Waals surface area contributed by atoms with Crippen molar-refractivity contribution >= 4 is 17.3 Å². The Kier molecular flexibility index (Phi) is 6.75. The Balaban J connectivity index is 1.91. The number of likely N-dealkylation sites (N-methyl/N-ethyl adjacent to an activating group) is 1. The summed E-state index contributed by atoms with van der Waals surface area (Å²) in [6.07, 6.45) is 0. The second-order valence-corrected chi connectivity index (χ2v) is 6.86. The van der Waals surface area contributed by atoms with Gasteiger partial charge in [0, 0.05) is 25.0 Å². The van der Waals surface area contributed by atoms with Crippen molar-refractivity contribution in [2.75, 3.05) is 27.7 Å². The maximum atomic E-state index is 13.6. The molecule has 1 aromatic heterocycles. The van der Waals surface area contributed by atoms with E-state index in [4.69, 9.17) is 0 Å². The summed E-state index contributed by atoms with van der Waals surface area (Å²) in [5.41, 5.74) is 1.55. The number of nitrogens with one attached hydrogen (secondary N) is 2. The first-order valence-electron chi connectivity index (χ1n) is 7.90. The molecule has 2 rings (SSSR count). The molecule has 6 heteroatoms. The molecule has 1 atom stereocenters. The van der Waals surface area contributed by atoms with Crippen molar-refractivity contribution in [3.63, 3.8) is 0 Å². The third-order valence-corrected chi connectivity index (χ3v) is 4.85. The van der Waals surface area contributed by atoms with Crippen LogP contribution in [0.3, 0.4) is 0 Å². The fraction of sp³-hybridized carbons (Fsp3) is 0.389. The van der Waals surface area contributed by atoms with Gasteiger partial charge in [0.15, 0.2) is 5.96 Å². The van der Waals surface area contributed by atoms with Gasteiger partial charge in [-0.2, -0.15) is 0 Å². The number of aryl methyl sites for hydroxylation is 1. The molecule has 0 spiro atoms. The second kappa shape index (κ2) is 8.80. The number of rotatable bonds is 6. The SMILES string of the molecule is CN=C(NCc1ccc(C)c(F)c1)NCC(c1cccs1)N(C)C. The van der Waals surface area contributed by atoms with E-state index < -0.39 is 0 Å². The van der Waals surface area contributed by atoms with Crippen molar-refractivity contribution in [3.8, 4) is 0 Å². The average Bonchev–Trinajstić information content (AvgIpc) is 3.07. The van der Waals surface area contributed by atoms with E-state index in [1.807, 2.05) is 6.07 Å². The summed E-state index contributed by atoms with van der Waals surface area (Å²) < 4.78 is 13.6. The maximum Gasteiger partial charge on any atom is 0.191 e. The number of hydrogen-bond acceptors (Lipinski definition) is 3. The normalized spacial score (nSPS) is 13.2. The highest BCUT2D eigenvalue weighted by molar-refractivity contribution is 7.10. The van der Waals surface area contributed by atoms with Crippen LogP contribution in [-0.4, -0.2) is 38.5 Å². The van der Waals surface area contributed by atoms with Crippen LogP contribution in [-0.2, 0) is 6.54 Å². The molecule has 0 aliphatic carbocycles. The van der Waals surface area contributed by atoms with Crippen LogP contribution >= 0.6 is 11.3 Å². The van der Waals surface area contributed by atoms with Gasteiger partial charge in [-0.3, -0.25) is 4.99 Å². The lowest BCUT2D eigenvalue weighted by Gasteiger charge is -2.24. The number of halogens is 1. The van der Waals surface area contributed by atoms with E-state index >= 15 is 0 Å². The molecular formula is C18H25FN4S. The number of nitrogens with zero attached hydrogens (tertiary/aromatic N) is 2. The minimum atomic E-state index is -0.178. The van der Waals surface area contributed by atoms with Crippen molar-refractivity contribution in [1.82, 2.24) is 15.5 Å². The van der Waals surface area contributed by atoms with E-state index in [0.29, 0.717) is 18.1 Å². The molecule has 0 bridgehead atoms. The number of aliphatic imine (C=N–C) groups is 1. The average molecular weight is 348 g/mol. The standard InChI is InChI=1S/C18H25FN4S/c1-13-7-8-14(10-15(13)19)11-21-18(20-2)22-12-16(23(3)4)17-6-5-9-24-17/h5-10,16H,11-12H2,1-4H3,(H2,20,21,22). The molecule has 0 saturated heterocycles. The Morgan fingerprint density at radius 3 is 2.67 bits per heavy atom. The van der Waals surface area contributed by atoms with Gasteiger partial charge in [0.1, 0.15) is 5.82 Å². The maximum absolute atomic E-state index is 13.6. The van der Waals surface area contributed by atoms with Crippen molar-refractivity contribution in [2.45, 2.75) is 19.5 Å². The van der Waals surface area contributed by atoms with Crippen LogP contribution < -0.4 is 10.6 Å². The molecule has 0 radical (unpaired) electrons. The fourth-order valence-corrected chi connectivity index (χ4v) is 3.29. The van der Waals surface area contributed by atoms with Crippen LogP contribution in [0.4, 0.5) is 4.39 Å². The highest BCUT2D eigenvalue weighted by Gasteiger charge is 2.15. The minimum Gasteiger partial charge on any atom is -0.354 e. The van der Waals surface area contributed by atoms with Crippen molar-refractivity contribution in [3.05, 3.63) is 57.5 Å². The lowest BCUT2D eigenvalue weighted by atomic mass is 10.1. The van der Waals surface area contributed by atoms with E-state index in [1.54, 1.807) is 37.4 Å². The van der Waals surface area contributed by atoms with E-state index in [9.17, 15) is 4.39 Å². The zero-order chi connectivity index (χ0) is 17.5. The molecule has 1 aromatic carbocycles. The highest BCUT2D eigenvalue weighted by Crippen LogP contribution is 2.22. The topological polar surface area (TPSA) is 39.7 Å². The Labute approximate surface area is 147 Å². The largest absolute Gasteiger partial charge is 0.354 e. The molecule has 0 fully saturated rings. The molecule has 130 valence electrons. The molecule has 0 saturated carbocycles. The predicted molar refractivity (Wildman–Crippen MR) is 100 cm³/mol. The molecule has 1 heterocycles. The zero-order valence-corrected chi connectivity index (χ0v) is 15.5. The van der Waals surface area contributed by atoms with Gasteiger partial charge in [-0.25, -0.2) is 4.39 Å². The molecule has 0 aliphatic rings. The van der Waals surface area contributed by atoms with Crippen LogP contribution in [0.2, 0.25) is 0 Å². The van der Waals surface area contributed by atoms with Gasteiger partial charge in [-0.05, 0) is 49.7 Å². The quantitative estimate of drug-likeness (QED) is 0.622. The summed E-state index contributed by atoms with van der Waals surface area (Å²) in [6.45, 7) is 3.04.